The molecule has 6 heteroatoms. The lowest BCUT2D eigenvalue weighted by Gasteiger charge is -2.18. The molecule has 6 nitrogen and oxygen atoms in total. The van der Waals surface area contributed by atoms with E-state index in [2.05, 4.69) is 5.32 Å². The van der Waals surface area contributed by atoms with Crippen LogP contribution in [-0.4, -0.2) is 47.4 Å². The molecule has 2 amide bonds. The Bertz CT molecular complexity index is 524. The fraction of sp³-hybridized carbons (Fsp3) is 0.400. The number of nitrogens with zero attached hydrogens (tertiary/aromatic N) is 1. The predicted octanol–water partition coefficient (Wildman–Crippen LogP) is 1.37. The Hall–Kier alpha value is -2.37. The highest BCUT2D eigenvalue weighted by Gasteiger charge is 2.12. The number of benzene rings is 1. The summed E-state index contributed by atoms with van der Waals surface area (Å²) in [5.74, 6) is -1.48. The third kappa shape index (κ3) is 4.91. The average Bonchev–Trinajstić information content (AvgIpc) is 2.48. The molecule has 0 aliphatic carbocycles. The van der Waals surface area contributed by atoms with Crippen LogP contribution >= 0.6 is 0 Å². The fourth-order valence-corrected chi connectivity index (χ4v) is 1.91. The van der Waals surface area contributed by atoms with Crippen LogP contribution < -0.4 is 5.32 Å². The molecule has 2 N–H and O–H groups in total. The second kappa shape index (κ2) is 8.04. The van der Waals surface area contributed by atoms with Gasteiger partial charge in [-0.15, -0.1) is 0 Å². The quantitative estimate of drug-likeness (QED) is 0.794. The summed E-state index contributed by atoms with van der Waals surface area (Å²) in [6, 6.07) is 5.78. The number of hydrogen-bond donors (Lipinski definition) is 2. The minimum atomic E-state index is -1.08. The molecular formula is C15H20N2O4. The first kappa shape index (κ1) is 16.7. The Morgan fingerprint density at radius 3 is 2.33 bits per heavy atom. The zero-order valence-electron chi connectivity index (χ0n) is 12.3. The second-order valence-corrected chi connectivity index (χ2v) is 4.46. The van der Waals surface area contributed by atoms with Crippen molar-refractivity contribution in [3.63, 3.8) is 0 Å². The van der Waals surface area contributed by atoms with Gasteiger partial charge in [0.25, 0.3) is 5.91 Å². The Kier molecular flexibility index (Phi) is 6.39. The van der Waals surface area contributed by atoms with E-state index < -0.39 is 5.97 Å². The van der Waals surface area contributed by atoms with Gasteiger partial charge >= 0.3 is 5.97 Å². The average molecular weight is 292 g/mol. The molecule has 0 aliphatic heterocycles. The zero-order valence-corrected chi connectivity index (χ0v) is 12.3. The van der Waals surface area contributed by atoms with Crippen molar-refractivity contribution < 1.29 is 19.5 Å². The van der Waals surface area contributed by atoms with Crippen LogP contribution in [0, 0.1) is 0 Å². The van der Waals surface area contributed by atoms with Gasteiger partial charge in [-0.05, 0) is 32.0 Å². The molecule has 0 bridgehead atoms. The molecule has 0 saturated carbocycles. The van der Waals surface area contributed by atoms with Gasteiger partial charge in [-0.3, -0.25) is 9.59 Å². The maximum Gasteiger partial charge on any atom is 0.335 e. The first-order chi connectivity index (χ1) is 9.99. The standard InChI is InChI=1S/C15H20N2O4/c1-3-17(4-2)13(18)8-9-16-14(19)11-6-5-7-12(10-11)15(20)21/h5-7,10H,3-4,8-9H2,1-2H3,(H,16,19)(H,20,21). The first-order valence-corrected chi connectivity index (χ1v) is 6.88. The summed E-state index contributed by atoms with van der Waals surface area (Å²) >= 11 is 0. The van der Waals surface area contributed by atoms with Crippen LogP contribution in [0.1, 0.15) is 41.0 Å². The summed E-state index contributed by atoms with van der Waals surface area (Å²) in [6.45, 7) is 5.31. The van der Waals surface area contributed by atoms with Crippen molar-refractivity contribution in [1.29, 1.82) is 0 Å². The van der Waals surface area contributed by atoms with Crippen molar-refractivity contribution in [2.24, 2.45) is 0 Å². The minimum absolute atomic E-state index is 0.0143. The van der Waals surface area contributed by atoms with Crippen LogP contribution in [0.15, 0.2) is 24.3 Å². The van der Waals surface area contributed by atoms with E-state index in [4.69, 9.17) is 5.11 Å². The van der Waals surface area contributed by atoms with Crippen molar-refractivity contribution in [2.45, 2.75) is 20.3 Å². The van der Waals surface area contributed by atoms with Gasteiger partial charge in [0, 0.05) is 31.6 Å². The predicted molar refractivity (Wildman–Crippen MR) is 78.3 cm³/mol. The molecule has 0 saturated heterocycles. The summed E-state index contributed by atoms with van der Waals surface area (Å²) in [4.78, 5) is 36.2. The third-order valence-electron chi connectivity index (χ3n) is 3.11. The lowest BCUT2D eigenvalue weighted by Crippen LogP contribution is -2.34. The van der Waals surface area contributed by atoms with Gasteiger partial charge < -0.3 is 15.3 Å². The Morgan fingerprint density at radius 1 is 1.14 bits per heavy atom. The molecule has 0 aromatic heterocycles. The van der Waals surface area contributed by atoms with Gasteiger partial charge in [0.2, 0.25) is 5.91 Å². The van der Waals surface area contributed by atoms with Crippen LogP contribution in [0.4, 0.5) is 0 Å². The molecule has 0 unspecified atom stereocenters. The number of aromatic carboxylic acids is 1. The minimum Gasteiger partial charge on any atom is -0.478 e. The van der Waals surface area contributed by atoms with Gasteiger partial charge in [-0.1, -0.05) is 6.07 Å². The molecule has 0 spiro atoms. The van der Waals surface area contributed by atoms with E-state index >= 15 is 0 Å². The number of rotatable bonds is 7. The summed E-state index contributed by atoms with van der Waals surface area (Å²) < 4.78 is 0. The maximum atomic E-state index is 11.9. The van der Waals surface area contributed by atoms with Gasteiger partial charge in [-0.2, -0.15) is 0 Å². The highest BCUT2D eigenvalue weighted by molar-refractivity contribution is 5.97. The van der Waals surface area contributed by atoms with Crippen molar-refractivity contribution >= 4 is 17.8 Å². The van der Waals surface area contributed by atoms with Gasteiger partial charge in [0.15, 0.2) is 0 Å². The smallest absolute Gasteiger partial charge is 0.335 e. The number of nitrogens with one attached hydrogen (secondary N) is 1. The number of amides is 2. The summed E-state index contributed by atoms with van der Waals surface area (Å²) in [6.07, 6.45) is 0.228. The van der Waals surface area contributed by atoms with Crippen LogP contribution in [0.25, 0.3) is 0 Å². The van der Waals surface area contributed by atoms with Crippen molar-refractivity contribution in [3.8, 4) is 0 Å². The van der Waals surface area contributed by atoms with E-state index in [1.807, 2.05) is 13.8 Å². The van der Waals surface area contributed by atoms with E-state index in [1.54, 1.807) is 4.90 Å². The molecule has 1 aromatic carbocycles. The SMILES string of the molecule is CCN(CC)C(=O)CCNC(=O)c1cccc(C(=O)O)c1. The molecule has 0 aliphatic rings. The zero-order chi connectivity index (χ0) is 15.8. The Balaban J connectivity index is 2.53. The number of hydrogen-bond acceptors (Lipinski definition) is 3. The van der Waals surface area contributed by atoms with Crippen molar-refractivity contribution in [2.75, 3.05) is 19.6 Å². The van der Waals surface area contributed by atoms with E-state index in [0.29, 0.717) is 13.1 Å². The fourth-order valence-electron chi connectivity index (χ4n) is 1.91. The normalized spacial score (nSPS) is 10.0. The lowest BCUT2D eigenvalue weighted by atomic mass is 10.1. The van der Waals surface area contributed by atoms with E-state index in [9.17, 15) is 14.4 Å². The Labute approximate surface area is 123 Å². The number of carboxylic acids is 1. The van der Waals surface area contributed by atoms with E-state index in [1.165, 1.54) is 24.3 Å². The summed E-state index contributed by atoms with van der Waals surface area (Å²) in [5, 5.41) is 11.5. The molecule has 0 fully saturated rings. The summed E-state index contributed by atoms with van der Waals surface area (Å²) in [5.41, 5.74) is 0.326. The van der Waals surface area contributed by atoms with E-state index in [0.717, 1.165) is 0 Å². The maximum absolute atomic E-state index is 11.9. The lowest BCUT2D eigenvalue weighted by molar-refractivity contribution is -0.130. The highest BCUT2D eigenvalue weighted by Crippen LogP contribution is 2.05. The van der Waals surface area contributed by atoms with Crippen LogP contribution in [0.5, 0.6) is 0 Å². The third-order valence-corrected chi connectivity index (χ3v) is 3.11. The van der Waals surface area contributed by atoms with Gasteiger partial charge in [0.1, 0.15) is 0 Å². The van der Waals surface area contributed by atoms with Crippen LogP contribution in [-0.2, 0) is 4.79 Å². The van der Waals surface area contributed by atoms with Crippen LogP contribution in [0.3, 0.4) is 0 Å². The molecular weight excluding hydrogens is 272 g/mol. The molecule has 0 heterocycles. The molecule has 0 atom stereocenters. The largest absolute Gasteiger partial charge is 0.478 e. The highest BCUT2D eigenvalue weighted by atomic mass is 16.4. The molecule has 1 aromatic rings. The Morgan fingerprint density at radius 2 is 1.76 bits per heavy atom. The molecule has 21 heavy (non-hydrogen) atoms. The summed E-state index contributed by atoms with van der Waals surface area (Å²) in [7, 11) is 0. The van der Waals surface area contributed by atoms with E-state index in [-0.39, 0.29) is 35.9 Å². The number of carbonyl (C=O) groups excluding carboxylic acids is 2. The first-order valence-electron chi connectivity index (χ1n) is 6.88. The number of carbonyl (C=O) groups is 3. The molecule has 114 valence electrons. The van der Waals surface area contributed by atoms with Crippen molar-refractivity contribution in [3.05, 3.63) is 35.4 Å². The molecule has 0 radical (unpaired) electrons. The monoisotopic (exact) mass is 292 g/mol. The molecule has 1 rings (SSSR count). The van der Waals surface area contributed by atoms with Gasteiger partial charge in [-0.25, -0.2) is 4.79 Å². The van der Waals surface area contributed by atoms with Gasteiger partial charge in [0.05, 0.1) is 5.56 Å². The topological polar surface area (TPSA) is 86.7 Å². The van der Waals surface area contributed by atoms with Crippen molar-refractivity contribution in [1.82, 2.24) is 10.2 Å². The number of carboxylic acid groups (broad SMARTS) is 1. The van der Waals surface area contributed by atoms with Crippen LogP contribution in [0.2, 0.25) is 0 Å². The second-order valence-electron chi connectivity index (χ2n) is 4.46.